The minimum Gasteiger partial charge on any atom is -0.327 e. The lowest BCUT2D eigenvalue weighted by Crippen LogP contribution is -2.46. The first kappa shape index (κ1) is 23.4. The summed E-state index contributed by atoms with van der Waals surface area (Å²) >= 11 is 7.22. The highest BCUT2D eigenvalue weighted by Gasteiger charge is 2.36. The number of amides is 2. The van der Waals surface area contributed by atoms with E-state index in [0.29, 0.717) is 10.1 Å². The normalized spacial score (nSPS) is 15.5. The van der Waals surface area contributed by atoms with Gasteiger partial charge in [-0.15, -0.1) is 0 Å². The van der Waals surface area contributed by atoms with Crippen LogP contribution in [0, 0.1) is 18.3 Å². The van der Waals surface area contributed by atoms with Crippen molar-refractivity contribution in [2.75, 3.05) is 16.0 Å². The van der Waals surface area contributed by atoms with Crippen LogP contribution in [0.3, 0.4) is 0 Å². The van der Waals surface area contributed by atoms with Gasteiger partial charge in [0, 0.05) is 16.4 Å². The molecule has 3 aromatic carbocycles. The zero-order valence-electron chi connectivity index (χ0n) is 18.3. The summed E-state index contributed by atoms with van der Waals surface area (Å²) in [5, 5.41) is 16.6. The van der Waals surface area contributed by atoms with Gasteiger partial charge in [0.15, 0.2) is 0 Å². The number of nitrogens with zero attached hydrogens (tertiary/aromatic N) is 2. The molecule has 34 heavy (non-hydrogen) atoms. The summed E-state index contributed by atoms with van der Waals surface area (Å²) in [6, 6.07) is 26.1. The monoisotopic (exact) mass is 488 g/mol. The molecule has 4 rings (SSSR count). The summed E-state index contributed by atoms with van der Waals surface area (Å²) < 4.78 is 0. The molecule has 1 heterocycles. The van der Waals surface area contributed by atoms with Crippen LogP contribution in [0.5, 0.6) is 0 Å². The van der Waals surface area contributed by atoms with Crippen LogP contribution in [0.15, 0.2) is 89.5 Å². The van der Waals surface area contributed by atoms with Crippen molar-refractivity contribution in [2.24, 2.45) is 0 Å². The van der Waals surface area contributed by atoms with Crippen LogP contribution in [0.1, 0.15) is 17.3 Å². The Balaban J connectivity index is 1.68. The lowest BCUT2D eigenvalue weighted by Gasteiger charge is -2.39. The van der Waals surface area contributed by atoms with E-state index < -0.39 is 12.1 Å². The molecule has 0 unspecified atom stereocenters. The van der Waals surface area contributed by atoms with Gasteiger partial charge < -0.3 is 15.5 Å². The quantitative estimate of drug-likeness (QED) is 0.486. The summed E-state index contributed by atoms with van der Waals surface area (Å²) in [5.41, 5.74) is 3.20. The molecule has 0 saturated heterocycles. The van der Waals surface area contributed by atoms with Crippen molar-refractivity contribution in [3.8, 4) is 6.07 Å². The zero-order chi connectivity index (χ0) is 24.1. The number of carbonyl (C=O) groups excluding carboxylic acids is 2. The highest BCUT2D eigenvalue weighted by atomic mass is 35.5. The third-order valence-corrected chi connectivity index (χ3v) is 6.61. The predicted molar refractivity (Wildman–Crippen MR) is 136 cm³/mol. The average molecular weight is 489 g/mol. The van der Waals surface area contributed by atoms with Gasteiger partial charge in [0.1, 0.15) is 22.8 Å². The average Bonchev–Trinajstić information content (AvgIpc) is 2.85. The number of nitriles is 1. The maximum Gasteiger partial charge on any atom is 0.266 e. The molecule has 170 valence electrons. The lowest BCUT2D eigenvalue weighted by atomic mass is 10.1. The summed E-state index contributed by atoms with van der Waals surface area (Å²) in [6.45, 7) is 1.92. The van der Waals surface area contributed by atoms with E-state index in [2.05, 4.69) is 10.6 Å². The molecule has 2 N–H and O–H groups in total. The Hall–Kier alpha value is -3.73. The Morgan fingerprint density at radius 2 is 1.76 bits per heavy atom. The number of benzene rings is 3. The first-order valence-corrected chi connectivity index (χ1v) is 11.9. The fraction of sp³-hybridized carbons (Fsp3) is 0.115. The van der Waals surface area contributed by atoms with E-state index in [1.54, 1.807) is 12.1 Å². The number of nitrogens with one attached hydrogen (secondary N) is 2. The fourth-order valence-corrected chi connectivity index (χ4v) is 4.70. The van der Waals surface area contributed by atoms with Crippen molar-refractivity contribution < 1.29 is 9.59 Å². The predicted octanol–water partition coefficient (Wildman–Crippen LogP) is 5.39. The molecule has 0 bridgehead atoms. The zero-order valence-corrected chi connectivity index (χ0v) is 19.9. The fourth-order valence-electron chi connectivity index (χ4n) is 3.60. The Kier molecular flexibility index (Phi) is 7.21. The number of rotatable bonds is 6. The smallest absolute Gasteiger partial charge is 0.266 e. The lowest BCUT2D eigenvalue weighted by molar-refractivity contribution is -0.118. The highest BCUT2D eigenvalue weighted by Crippen LogP contribution is 2.39. The van der Waals surface area contributed by atoms with Crippen molar-refractivity contribution in [3.05, 3.63) is 106 Å². The third-order valence-electron chi connectivity index (χ3n) is 5.28. The second-order valence-corrected chi connectivity index (χ2v) is 8.98. The summed E-state index contributed by atoms with van der Waals surface area (Å²) in [6.07, 6.45) is -0.578. The largest absolute Gasteiger partial charge is 0.327 e. The number of thioether (sulfide) groups is 1. The van der Waals surface area contributed by atoms with Crippen LogP contribution in [0.4, 0.5) is 11.4 Å². The van der Waals surface area contributed by atoms with Crippen molar-refractivity contribution in [3.63, 3.8) is 0 Å². The van der Waals surface area contributed by atoms with E-state index in [9.17, 15) is 14.9 Å². The molecule has 1 aliphatic rings. The van der Waals surface area contributed by atoms with Gasteiger partial charge in [-0.25, -0.2) is 0 Å². The van der Waals surface area contributed by atoms with Crippen LogP contribution in [0.25, 0.3) is 0 Å². The van der Waals surface area contributed by atoms with E-state index in [1.165, 1.54) is 0 Å². The van der Waals surface area contributed by atoms with Crippen molar-refractivity contribution in [2.45, 2.75) is 13.1 Å². The molecule has 0 aliphatic carbocycles. The maximum absolute atomic E-state index is 12.9. The molecule has 0 fully saturated rings. The molecule has 2 amide bonds. The SMILES string of the molecule is Cc1ccccc1NC(=O)CSC1=C(C#N)C(=O)N[C@@H](c2ccc(Cl)cc2)N1c1ccccc1. The van der Waals surface area contributed by atoms with Crippen LogP contribution in [-0.4, -0.2) is 17.6 Å². The van der Waals surface area contributed by atoms with Crippen molar-refractivity contribution in [1.82, 2.24) is 5.32 Å². The topological polar surface area (TPSA) is 85.2 Å². The molecule has 1 atom stereocenters. The molecule has 0 spiro atoms. The molecule has 6 nitrogen and oxygen atoms in total. The van der Waals surface area contributed by atoms with E-state index in [-0.39, 0.29) is 17.2 Å². The van der Waals surface area contributed by atoms with Gasteiger partial charge in [0.05, 0.1) is 5.75 Å². The number of hydrogen-bond acceptors (Lipinski definition) is 5. The van der Waals surface area contributed by atoms with Gasteiger partial charge in [-0.05, 0) is 48.4 Å². The first-order chi connectivity index (χ1) is 16.5. The Bertz CT molecular complexity index is 1290. The number of aryl methyl sites for hydroxylation is 1. The number of para-hydroxylation sites is 2. The second kappa shape index (κ2) is 10.5. The van der Waals surface area contributed by atoms with Crippen LogP contribution in [-0.2, 0) is 9.59 Å². The van der Waals surface area contributed by atoms with Crippen LogP contribution >= 0.6 is 23.4 Å². The van der Waals surface area contributed by atoms with Crippen LogP contribution in [0.2, 0.25) is 5.02 Å². The van der Waals surface area contributed by atoms with E-state index >= 15 is 0 Å². The van der Waals surface area contributed by atoms with Gasteiger partial charge in [0.25, 0.3) is 5.91 Å². The molecule has 8 heteroatoms. The molecule has 0 aromatic heterocycles. The number of halogens is 1. The molecular formula is C26H21ClN4O2S. The Morgan fingerprint density at radius 3 is 2.44 bits per heavy atom. The maximum atomic E-state index is 12.9. The van der Waals surface area contributed by atoms with Gasteiger partial charge in [-0.1, -0.05) is 71.9 Å². The molecule has 0 radical (unpaired) electrons. The third kappa shape index (κ3) is 5.09. The van der Waals surface area contributed by atoms with E-state index in [4.69, 9.17) is 11.6 Å². The Morgan fingerprint density at radius 1 is 1.09 bits per heavy atom. The number of carbonyl (C=O) groups is 2. The highest BCUT2D eigenvalue weighted by molar-refractivity contribution is 8.03. The minimum atomic E-state index is -0.578. The van der Waals surface area contributed by atoms with Crippen molar-refractivity contribution in [1.29, 1.82) is 5.26 Å². The standard InChI is InChI=1S/C26H21ClN4O2S/c1-17-7-5-6-10-22(17)29-23(32)16-34-26-21(15-28)25(33)30-24(18-11-13-19(27)14-12-18)31(26)20-8-3-2-4-9-20/h2-14,24H,16H2,1H3,(H,29,32)(H,30,33)/t24-/m1/s1. The number of hydrogen-bond donors (Lipinski definition) is 2. The second-order valence-electron chi connectivity index (χ2n) is 7.58. The first-order valence-electron chi connectivity index (χ1n) is 10.5. The van der Waals surface area contributed by atoms with Crippen LogP contribution < -0.4 is 15.5 Å². The van der Waals surface area contributed by atoms with E-state index in [1.807, 2.05) is 84.6 Å². The van der Waals surface area contributed by atoms with Gasteiger partial charge >= 0.3 is 0 Å². The minimum absolute atomic E-state index is 0.0266. The molecule has 3 aromatic rings. The molecule has 0 saturated carbocycles. The molecule has 1 aliphatic heterocycles. The summed E-state index contributed by atoms with van der Waals surface area (Å²) in [4.78, 5) is 27.5. The van der Waals surface area contributed by atoms with Gasteiger partial charge in [-0.2, -0.15) is 5.26 Å². The van der Waals surface area contributed by atoms with E-state index in [0.717, 1.165) is 34.3 Å². The molecular weight excluding hydrogens is 468 g/mol. The summed E-state index contributed by atoms with van der Waals surface area (Å²) in [5.74, 6) is -0.693. The van der Waals surface area contributed by atoms with Crippen molar-refractivity contribution >= 4 is 46.6 Å². The van der Waals surface area contributed by atoms with Gasteiger partial charge in [-0.3, -0.25) is 9.59 Å². The summed E-state index contributed by atoms with van der Waals surface area (Å²) in [7, 11) is 0. The van der Waals surface area contributed by atoms with Gasteiger partial charge in [0.2, 0.25) is 5.91 Å². The Labute approximate surface area is 207 Å². The number of anilines is 2.